The molecule has 2 saturated heterocycles. The molecular weight excluding hydrogens is 520 g/mol. The number of ether oxygens (including phenoxy) is 2. The van der Waals surface area contributed by atoms with Crippen LogP contribution in [0.2, 0.25) is 0 Å². The minimum atomic E-state index is -3.15. The van der Waals surface area contributed by atoms with E-state index in [9.17, 15) is 4.79 Å². The third kappa shape index (κ3) is 6.10. The first kappa shape index (κ1) is 27.6. The topological polar surface area (TPSA) is 54.9 Å². The lowest BCUT2D eigenvalue weighted by atomic mass is 10.0. The summed E-state index contributed by atoms with van der Waals surface area (Å²) >= 11 is 0.553. The van der Waals surface area contributed by atoms with Crippen molar-refractivity contribution in [2.75, 3.05) is 26.7 Å². The zero-order valence-corrected chi connectivity index (χ0v) is 23.2. The minimum Gasteiger partial charge on any atom is -0.486 e. The number of halogens is 2. The summed E-state index contributed by atoms with van der Waals surface area (Å²) in [5.41, 5.74) is 3.24. The highest BCUT2D eigenvalue weighted by Gasteiger charge is 2.41. The van der Waals surface area contributed by atoms with Gasteiger partial charge in [0.15, 0.2) is 0 Å². The standard InChI is InChI=1S/C30H33F2N3O3S/c1-20-12-13-21(2)24(16-20)29(36)34-18-27(37-3)28(19-34)38-23-9-6-8-22(17-23)30(31,32)39-35-15-7-11-26(35)25-10-4-5-14-33-25/h4-6,8-10,12-14,16-17,26-28H,7,11,15,18-19H2,1-3H3. The highest BCUT2D eigenvalue weighted by Crippen LogP contribution is 2.48. The third-order valence-electron chi connectivity index (χ3n) is 7.35. The van der Waals surface area contributed by atoms with Crippen LogP contribution in [0.5, 0.6) is 5.75 Å². The van der Waals surface area contributed by atoms with Gasteiger partial charge in [0.2, 0.25) is 0 Å². The van der Waals surface area contributed by atoms with E-state index in [0.29, 0.717) is 42.9 Å². The molecule has 206 valence electrons. The maximum absolute atomic E-state index is 15.5. The normalized spacial score (nSPS) is 21.9. The SMILES string of the molecule is COC1CN(C(=O)c2cc(C)ccc2C)CC1Oc1cccc(C(F)(F)SN2CCCC2c2ccccn2)c1. The van der Waals surface area contributed by atoms with E-state index >= 15 is 8.78 Å². The van der Waals surface area contributed by atoms with Gasteiger partial charge in [-0.1, -0.05) is 35.9 Å². The van der Waals surface area contributed by atoms with Crippen LogP contribution in [0.25, 0.3) is 0 Å². The van der Waals surface area contributed by atoms with Crippen molar-refractivity contribution in [2.24, 2.45) is 0 Å². The molecule has 3 heterocycles. The number of carbonyl (C=O) groups is 1. The maximum atomic E-state index is 15.5. The van der Waals surface area contributed by atoms with Crippen LogP contribution in [0.15, 0.2) is 66.9 Å². The van der Waals surface area contributed by atoms with Crippen molar-refractivity contribution in [1.82, 2.24) is 14.2 Å². The first-order valence-corrected chi connectivity index (χ1v) is 13.9. The third-order valence-corrected chi connectivity index (χ3v) is 8.49. The zero-order chi connectivity index (χ0) is 27.6. The molecule has 0 N–H and O–H groups in total. The average Bonchev–Trinajstić information content (AvgIpc) is 3.57. The number of pyridine rings is 1. The highest BCUT2D eigenvalue weighted by molar-refractivity contribution is 7.97. The molecule has 1 amide bonds. The number of rotatable bonds is 8. The van der Waals surface area contributed by atoms with E-state index in [4.69, 9.17) is 9.47 Å². The number of hydrogen-bond donors (Lipinski definition) is 0. The van der Waals surface area contributed by atoms with Gasteiger partial charge in [0, 0.05) is 42.9 Å². The quantitative estimate of drug-likeness (QED) is 0.312. The number of aromatic nitrogens is 1. The predicted molar refractivity (Wildman–Crippen MR) is 148 cm³/mol. The second-order valence-electron chi connectivity index (χ2n) is 10.1. The Morgan fingerprint density at radius 2 is 1.87 bits per heavy atom. The number of aryl methyl sites for hydroxylation is 2. The van der Waals surface area contributed by atoms with Gasteiger partial charge < -0.3 is 14.4 Å². The molecule has 0 spiro atoms. The van der Waals surface area contributed by atoms with E-state index in [-0.39, 0.29) is 23.6 Å². The van der Waals surface area contributed by atoms with Crippen LogP contribution < -0.4 is 4.74 Å². The smallest absolute Gasteiger partial charge is 0.332 e. The molecule has 0 saturated carbocycles. The molecule has 1 aromatic heterocycles. The van der Waals surface area contributed by atoms with Crippen LogP contribution in [0.4, 0.5) is 8.78 Å². The fourth-order valence-corrected chi connectivity index (χ4v) is 6.32. The number of likely N-dealkylation sites (tertiary alicyclic amines) is 1. The Bertz CT molecular complexity index is 1310. The summed E-state index contributed by atoms with van der Waals surface area (Å²) in [6, 6.07) is 17.3. The maximum Gasteiger partial charge on any atom is 0.332 e. The number of benzene rings is 2. The molecule has 3 atom stereocenters. The molecule has 2 aromatic carbocycles. The molecule has 5 rings (SSSR count). The molecule has 6 nitrogen and oxygen atoms in total. The van der Waals surface area contributed by atoms with Crippen molar-refractivity contribution in [1.29, 1.82) is 0 Å². The Morgan fingerprint density at radius 3 is 2.64 bits per heavy atom. The molecule has 0 bridgehead atoms. The van der Waals surface area contributed by atoms with E-state index in [1.165, 1.54) is 12.1 Å². The van der Waals surface area contributed by atoms with Gasteiger partial charge in [-0.05, 0) is 62.6 Å². The van der Waals surface area contributed by atoms with E-state index < -0.39 is 11.4 Å². The summed E-state index contributed by atoms with van der Waals surface area (Å²) in [6.45, 7) is 5.10. The summed E-state index contributed by atoms with van der Waals surface area (Å²) in [6.07, 6.45) is 2.47. The second kappa shape index (κ2) is 11.6. The van der Waals surface area contributed by atoms with Crippen LogP contribution in [0.1, 0.15) is 51.6 Å². The van der Waals surface area contributed by atoms with Gasteiger partial charge >= 0.3 is 5.25 Å². The van der Waals surface area contributed by atoms with Gasteiger partial charge in [0.05, 0.1) is 24.8 Å². The predicted octanol–water partition coefficient (Wildman–Crippen LogP) is 6.15. The van der Waals surface area contributed by atoms with Crippen molar-refractivity contribution in [3.05, 3.63) is 94.8 Å². The molecule has 39 heavy (non-hydrogen) atoms. The van der Waals surface area contributed by atoms with Crippen LogP contribution in [0, 0.1) is 13.8 Å². The van der Waals surface area contributed by atoms with Crippen molar-refractivity contribution < 1.29 is 23.0 Å². The van der Waals surface area contributed by atoms with E-state index in [1.54, 1.807) is 34.6 Å². The largest absolute Gasteiger partial charge is 0.486 e. The Labute approximate surface area is 232 Å². The van der Waals surface area contributed by atoms with Crippen LogP contribution in [-0.4, -0.2) is 59.0 Å². The number of nitrogens with zero attached hydrogens (tertiary/aromatic N) is 3. The highest BCUT2D eigenvalue weighted by atomic mass is 32.2. The van der Waals surface area contributed by atoms with Crippen LogP contribution in [-0.2, 0) is 9.99 Å². The Morgan fingerprint density at radius 1 is 1.05 bits per heavy atom. The number of alkyl halides is 2. The summed E-state index contributed by atoms with van der Waals surface area (Å²) in [4.78, 5) is 19.4. The summed E-state index contributed by atoms with van der Waals surface area (Å²) in [5, 5.41) is -3.15. The van der Waals surface area contributed by atoms with Crippen LogP contribution in [0.3, 0.4) is 0 Å². The molecule has 3 aromatic rings. The number of hydrogen-bond acceptors (Lipinski definition) is 6. The fourth-order valence-electron chi connectivity index (χ4n) is 5.23. The molecule has 0 aliphatic carbocycles. The fraction of sp³-hybridized carbons (Fsp3) is 0.400. The Hall–Kier alpha value is -3.01. The average molecular weight is 554 g/mol. The minimum absolute atomic E-state index is 0.0888. The lowest BCUT2D eigenvalue weighted by Crippen LogP contribution is -2.32. The molecule has 9 heteroatoms. The first-order chi connectivity index (χ1) is 18.7. The van der Waals surface area contributed by atoms with Crippen molar-refractivity contribution >= 4 is 17.9 Å². The van der Waals surface area contributed by atoms with E-state index in [2.05, 4.69) is 4.98 Å². The Kier molecular flexibility index (Phi) is 8.21. The van der Waals surface area contributed by atoms with Gasteiger partial charge in [0.25, 0.3) is 5.91 Å². The summed E-state index contributed by atoms with van der Waals surface area (Å²) < 4.78 is 44.6. The van der Waals surface area contributed by atoms with Gasteiger partial charge in [-0.3, -0.25) is 9.78 Å². The van der Waals surface area contributed by atoms with Crippen molar-refractivity contribution in [3.8, 4) is 5.75 Å². The van der Waals surface area contributed by atoms with Crippen molar-refractivity contribution in [2.45, 2.75) is 50.2 Å². The molecular formula is C30H33F2N3O3S. The lowest BCUT2D eigenvalue weighted by molar-refractivity contribution is 0.0336. The Balaban J connectivity index is 1.28. The number of methoxy groups -OCH3 is 1. The molecule has 3 unspecified atom stereocenters. The van der Waals surface area contributed by atoms with Gasteiger partial charge in [-0.15, -0.1) is 0 Å². The van der Waals surface area contributed by atoms with Crippen molar-refractivity contribution in [3.63, 3.8) is 0 Å². The van der Waals surface area contributed by atoms with Gasteiger partial charge in [-0.2, -0.15) is 8.78 Å². The van der Waals surface area contributed by atoms with E-state index in [1.807, 2.05) is 50.2 Å². The lowest BCUT2D eigenvalue weighted by Gasteiger charge is -2.27. The summed E-state index contributed by atoms with van der Waals surface area (Å²) in [5.74, 6) is 0.234. The van der Waals surface area contributed by atoms with Gasteiger partial charge in [0.1, 0.15) is 18.0 Å². The molecule has 2 aliphatic heterocycles. The molecule has 2 fully saturated rings. The first-order valence-electron chi connectivity index (χ1n) is 13.2. The second-order valence-corrected chi connectivity index (χ2v) is 11.3. The monoisotopic (exact) mass is 553 g/mol. The van der Waals surface area contributed by atoms with E-state index in [0.717, 1.165) is 29.7 Å². The van der Waals surface area contributed by atoms with Gasteiger partial charge in [-0.25, -0.2) is 4.31 Å². The molecule has 0 radical (unpaired) electrons. The van der Waals surface area contributed by atoms with Crippen LogP contribution >= 0.6 is 11.9 Å². The number of amides is 1. The summed E-state index contributed by atoms with van der Waals surface area (Å²) in [7, 11) is 1.57. The number of carbonyl (C=O) groups excluding carboxylic acids is 1. The zero-order valence-electron chi connectivity index (χ0n) is 22.3. The molecule has 2 aliphatic rings.